The third-order valence-corrected chi connectivity index (χ3v) is 12.2. The lowest BCUT2D eigenvalue weighted by Crippen LogP contribution is -2.61. The number of phenols is 1. The van der Waals surface area contributed by atoms with Crippen LogP contribution in [0, 0.1) is 43.9 Å². The zero-order valence-electron chi connectivity index (χ0n) is 26.2. The molecule has 0 radical (unpaired) electrons. The van der Waals surface area contributed by atoms with Crippen molar-refractivity contribution in [3.63, 3.8) is 0 Å². The number of carbonyl (C=O) groups is 4. The van der Waals surface area contributed by atoms with Gasteiger partial charge in [0.2, 0.25) is 11.8 Å². The number of likely N-dealkylation sites (tertiary alicyclic amines) is 1. The lowest BCUT2D eigenvalue weighted by molar-refractivity contribution is -0.392. The number of nitro groups is 2. The third-order valence-electron chi connectivity index (χ3n) is 10.3. The van der Waals surface area contributed by atoms with Crippen molar-refractivity contribution in [2.75, 3.05) is 29.3 Å². The SMILES string of the molecule is CN(C)c1c([N+](=O)[O-])cc(N2C(=O)[C@H]3[C@H](CC=C4[C@H](C5=COc6ccc(O)cc6C5)[C@]5(Cl)C(=O)N(CBr)C(=O)[C@]5(Cl)C[C@H]43)C2=O)cc1[N+](=O)[O-]. The van der Waals surface area contributed by atoms with Gasteiger partial charge in [0.05, 0.1) is 39.1 Å². The highest BCUT2D eigenvalue weighted by atomic mass is 79.9. The summed E-state index contributed by atoms with van der Waals surface area (Å²) in [6, 6.07) is 6.41. The second-order valence-electron chi connectivity index (χ2n) is 13.0. The lowest BCUT2D eigenvalue weighted by atomic mass is 9.56. The highest BCUT2D eigenvalue weighted by molar-refractivity contribution is 9.09. The number of alkyl halides is 3. The zero-order chi connectivity index (χ0) is 36.2. The van der Waals surface area contributed by atoms with E-state index in [4.69, 9.17) is 27.9 Å². The van der Waals surface area contributed by atoms with Gasteiger partial charge in [-0.3, -0.25) is 44.3 Å². The number of hydrogen-bond acceptors (Lipinski definition) is 11. The fourth-order valence-corrected chi connectivity index (χ4v) is 9.71. The predicted octanol–water partition coefficient (Wildman–Crippen LogP) is 4.54. The summed E-state index contributed by atoms with van der Waals surface area (Å²) in [4.78, 5) is 77.5. The van der Waals surface area contributed by atoms with Gasteiger partial charge < -0.3 is 14.7 Å². The molecule has 15 nitrogen and oxygen atoms in total. The van der Waals surface area contributed by atoms with Crippen molar-refractivity contribution in [3.8, 4) is 11.5 Å². The van der Waals surface area contributed by atoms with Crippen LogP contribution in [0.1, 0.15) is 18.4 Å². The molecule has 2 aromatic rings. The molecule has 0 unspecified atom stereocenters. The molecule has 2 aromatic carbocycles. The van der Waals surface area contributed by atoms with Crippen LogP contribution in [0.3, 0.4) is 0 Å². The first-order valence-electron chi connectivity index (χ1n) is 15.3. The molecule has 260 valence electrons. The number of fused-ring (bicyclic) bond motifs is 5. The molecule has 7 rings (SSSR count). The first-order valence-corrected chi connectivity index (χ1v) is 17.1. The number of halogens is 3. The van der Waals surface area contributed by atoms with Gasteiger partial charge in [-0.2, -0.15) is 0 Å². The Kier molecular flexibility index (Phi) is 7.80. The molecular weight excluding hydrogens is 765 g/mol. The Hall–Kier alpha value is -4.54. The molecule has 3 fully saturated rings. The summed E-state index contributed by atoms with van der Waals surface area (Å²) < 4.78 is 5.89. The van der Waals surface area contributed by atoms with E-state index in [1.165, 1.54) is 37.4 Å². The van der Waals surface area contributed by atoms with Crippen molar-refractivity contribution in [2.45, 2.75) is 29.0 Å². The van der Waals surface area contributed by atoms with Crippen LogP contribution >= 0.6 is 39.1 Å². The third kappa shape index (κ3) is 4.47. The minimum Gasteiger partial charge on any atom is -0.508 e. The van der Waals surface area contributed by atoms with E-state index in [1.807, 2.05) is 0 Å². The van der Waals surface area contributed by atoms with Gasteiger partial charge in [-0.15, -0.1) is 23.2 Å². The number of anilines is 2. The van der Waals surface area contributed by atoms with E-state index in [9.17, 15) is 44.5 Å². The highest BCUT2D eigenvalue weighted by Crippen LogP contribution is 2.65. The number of nitro benzene ring substituents is 2. The molecular formula is C32H26BrCl2N5O10. The molecule has 1 saturated carbocycles. The van der Waals surface area contributed by atoms with Crippen molar-refractivity contribution < 1.29 is 38.9 Å². The van der Waals surface area contributed by atoms with Crippen LogP contribution in [-0.4, -0.2) is 72.8 Å². The molecule has 3 aliphatic heterocycles. The van der Waals surface area contributed by atoms with Gasteiger partial charge in [0, 0.05) is 44.1 Å². The maximum absolute atomic E-state index is 14.4. The van der Waals surface area contributed by atoms with Crippen LogP contribution in [0.2, 0.25) is 0 Å². The standard InChI is InChI=1S/C32H26BrCl2N5O10/c1-36(2)26-21(39(46)47)9-16(10-22(26)40(48)49)38-27(42)19-5-4-18-20(24(19)28(38)43)11-31(34)29(44)37(13-33)30(45)32(31,35)25(18)15-7-14-8-17(41)3-6-23(14)50-12-15/h3-4,6,8-10,12,19-20,24-25,41H,5,7,11,13H2,1-2H3/t19-,20+,24-,25-,31+,32-/m0/s1. The van der Waals surface area contributed by atoms with E-state index in [0.717, 1.165) is 21.9 Å². The number of ether oxygens (including phenoxy) is 1. The molecule has 0 aromatic heterocycles. The highest BCUT2D eigenvalue weighted by Gasteiger charge is 2.76. The summed E-state index contributed by atoms with van der Waals surface area (Å²) in [6.07, 6.45) is 2.93. The molecule has 0 bridgehead atoms. The average Bonchev–Trinajstić information content (AvgIpc) is 3.40. The van der Waals surface area contributed by atoms with Crippen molar-refractivity contribution in [1.29, 1.82) is 0 Å². The van der Waals surface area contributed by atoms with Gasteiger partial charge in [-0.25, -0.2) is 4.90 Å². The van der Waals surface area contributed by atoms with E-state index in [0.29, 0.717) is 22.5 Å². The molecule has 4 amide bonds. The fraction of sp³-hybridized carbons (Fsp3) is 0.375. The molecule has 2 aliphatic carbocycles. The molecule has 50 heavy (non-hydrogen) atoms. The van der Waals surface area contributed by atoms with E-state index in [2.05, 4.69) is 15.9 Å². The quantitative estimate of drug-likeness (QED) is 0.108. The molecule has 1 N–H and O–H groups in total. The fourth-order valence-electron chi connectivity index (χ4n) is 8.27. The van der Waals surface area contributed by atoms with Gasteiger partial charge in [0.1, 0.15) is 11.5 Å². The van der Waals surface area contributed by atoms with Gasteiger partial charge in [0.15, 0.2) is 15.4 Å². The number of rotatable bonds is 6. The Labute approximate surface area is 301 Å². The molecule has 18 heteroatoms. The van der Waals surface area contributed by atoms with Gasteiger partial charge >= 0.3 is 11.4 Å². The summed E-state index contributed by atoms with van der Waals surface area (Å²) in [5.41, 5.74) is -0.760. The number of benzene rings is 2. The van der Waals surface area contributed by atoms with Crippen LogP contribution < -0.4 is 14.5 Å². The average molecular weight is 791 g/mol. The number of nitrogens with zero attached hydrogens (tertiary/aromatic N) is 5. The second-order valence-corrected chi connectivity index (χ2v) is 14.8. The van der Waals surface area contributed by atoms with Crippen LogP contribution in [0.5, 0.6) is 11.5 Å². The normalized spacial score (nSPS) is 29.8. The Morgan fingerprint density at radius 1 is 1.02 bits per heavy atom. The second kappa shape index (κ2) is 11.5. The minimum absolute atomic E-state index is 0.00783. The van der Waals surface area contributed by atoms with Gasteiger partial charge in [-0.1, -0.05) is 27.6 Å². The van der Waals surface area contributed by atoms with Gasteiger partial charge in [0.25, 0.3) is 11.8 Å². The Bertz CT molecular complexity index is 2000. The largest absolute Gasteiger partial charge is 0.508 e. The maximum atomic E-state index is 14.4. The number of phenolic OH excluding ortho intramolecular Hbond substituents is 1. The summed E-state index contributed by atoms with van der Waals surface area (Å²) in [5, 5.41) is 34.3. The number of allylic oxidation sites excluding steroid dienone is 3. The van der Waals surface area contributed by atoms with Crippen LogP contribution in [0.25, 0.3) is 0 Å². The first kappa shape index (κ1) is 33.9. The van der Waals surface area contributed by atoms with Gasteiger partial charge in [-0.05, 0) is 42.5 Å². The Morgan fingerprint density at radius 3 is 2.28 bits per heavy atom. The van der Waals surface area contributed by atoms with Crippen molar-refractivity contribution in [3.05, 3.63) is 79.6 Å². The Morgan fingerprint density at radius 2 is 1.68 bits per heavy atom. The summed E-state index contributed by atoms with van der Waals surface area (Å²) in [6.45, 7) is 0. The van der Waals surface area contributed by atoms with E-state index < -0.39 is 78.3 Å². The van der Waals surface area contributed by atoms with Crippen LogP contribution in [-0.2, 0) is 25.6 Å². The minimum atomic E-state index is -2.09. The van der Waals surface area contributed by atoms with Crippen molar-refractivity contribution >= 4 is 85.5 Å². The number of amides is 4. The van der Waals surface area contributed by atoms with Crippen LogP contribution in [0.4, 0.5) is 22.7 Å². The molecule has 0 spiro atoms. The van der Waals surface area contributed by atoms with E-state index >= 15 is 0 Å². The number of imide groups is 2. The zero-order valence-corrected chi connectivity index (χ0v) is 29.3. The molecule has 3 heterocycles. The Balaban J connectivity index is 1.36. The lowest BCUT2D eigenvalue weighted by Gasteiger charge is -2.51. The van der Waals surface area contributed by atoms with E-state index in [-0.39, 0.29) is 41.8 Å². The maximum Gasteiger partial charge on any atom is 0.301 e. The van der Waals surface area contributed by atoms with Crippen molar-refractivity contribution in [2.24, 2.45) is 23.7 Å². The van der Waals surface area contributed by atoms with E-state index in [1.54, 1.807) is 12.1 Å². The first-order chi connectivity index (χ1) is 23.6. The predicted molar refractivity (Wildman–Crippen MR) is 181 cm³/mol. The number of carbonyl (C=O) groups excluding carboxylic acids is 4. The molecule has 5 aliphatic rings. The number of hydrogen-bond donors (Lipinski definition) is 1. The summed E-state index contributed by atoms with van der Waals surface area (Å²) in [5.74, 6) is -6.87. The summed E-state index contributed by atoms with van der Waals surface area (Å²) >= 11 is 17.7. The smallest absolute Gasteiger partial charge is 0.301 e. The molecule has 2 saturated heterocycles. The molecule has 6 atom stereocenters. The topological polar surface area (TPSA) is 194 Å². The van der Waals surface area contributed by atoms with Crippen molar-refractivity contribution in [1.82, 2.24) is 4.90 Å². The number of aromatic hydroxyl groups is 1. The monoisotopic (exact) mass is 789 g/mol. The summed E-state index contributed by atoms with van der Waals surface area (Å²) in [7, 11) is 2.78. The van der Waals surface area contributed by atoms with Crippen LogP contribution in [0.15, 0.2) is 53.8 Å².